The lowest BCUT2D eigenvalue weighted by Crippen LogP contribution is -2.13. The third-order valence-electron chi connectivity index (χ3n) is 2.69. The molecule has 0 aromatic carbocycles. The molecule has 0 aliphatic carbocycles. The molecule has 124 valence electrons. The Morgan fingerprint density at radius 3 is 0.750 bits per heavy atom. The van der Waals surface area contributed by atoms with E-state index in [2.05, 4.69) is 0 Å². The highest BCUT2D eigenvalue weighted by atomic mass is 16.8. The summed E-state index contributed by atoms with van der Waals surface area (Å²) in [5.74, 6) is 0. The Balaban J connectivity index is 0.000000158. The van der Waals surface area contributed by atoms with Gasteiger partial charge in [0.1, 0.15) is 6.79 Å². The topological polar surface area (TPSA) is 55.2 Å². The molecule has 0 unspecified atom stereocenters. The second kappa shape index (κ2) is 9.42. The maximum absolute atomic E-state index is 8.00. The number of carbonyl (C=O) groups excluding carboxylic acids is 1. The van der Waals surface area contributed by atoms with Crippen molar-refractivity contribution in [3.8, 4) is 0 Å². The van der Waals surface area contributed by atoms with Crippen molar-refractivity contribution in [3.63, 3.8) is 0 Å². The summed E-state index contributed by atoms with van der Waals surface area (Å²) in [6.07, 6.45) is 14.7. The molecule has 24 heavy (non-hydrogen) atoms. The average molecular weight is 326 g/mol. The number of aromatic nitrogens is 4. The third kappa shape index (κ3) is 5.30. The van der Waals surface area contributed by atoms with Gasteiger partial charge in [0.2, 0.25) is 0 Å². The number of hydrogen-bond acceptors (Lipinski definition) is 3. The molecule has 0 bridgehead atoms. The normalized spacial score (nSPS) is 9.17. The van der Waals surface area contributed by atoms with Gasteiger partial charge in [-0.05, 0) is 48.5 Å². The molecule has 4 aromatic heterocycles. The Hall–Kier alpha value is -3.61. The lowest BCUT2D eigenvalue weighted by Gasteiger charge is -2.03. The second-order valence-electron chi connectivity index (χ2n) is 4.34. The van der Waals surface area contributed by atoms with Gasteiger partial charge in [0.25, 0.3) is 0 Å². The van der Waals surface area contributed by atoms with E-state index in [-0.39, 0.29) is 0 Å². The minimum atomic E-state index is 1.62. The first kappa shape index (κ1) is 16.8. The Kier molecular flexibility index (Phi) is 6.57. The van der Waals surface area contributed by atoms with Crippen molar-refractivity contribution in [2.75, 3.05) is 0 Å². The van der Waals surface area contributed by atoms with Crippen molar-refractivity contribution in [2.45, 2.75) is 0 Å². The fourth-order valence-corrected chi connectivity index (χ4v) is 1.71. The molecule has 0 saturated carbocycles. The van der Waals surface area contributed by atoms with Crippen LogP contribution in [0.3, 0.4) is 0 Å². The molecule has 7 nitrogen and oxygen atoms in total. The van der Waals surface area contributed by atoms with Crippen molar-refractivity contribution in [1.82, 2.24) is 18.9 Å². The van der Waals surface area contributed by atoms with Crippen LogP contribution in [0.4, 0.5) is 0 Å². The maximum Gasteiger partial charge on any atom is 0.106 e. The van der Waals surface area contributed by atoms with E-state index in [1.54, 1.807) is 18.9 Å². The van der Waals surface area contributed by atoms with Crippen LogP contribution in [0.5, 0.6) is 0 Å². The van der Waals surface area contributed by atoms with E-state index in [0.29, 0.717) is 0 Å². The lowest BCUT2D eigenvalue weighted by molar-refractivity contribution is -0.0979. The molecule has 0 aliphatic heterocycles. The monoisotopic (exact) mass is 326 g/mol. The van der Waals surface area contributed by atoms with E-state index in [1.165, 1.54) is 0 Å². The van der Waals surface area contributed by atoms with Gasteiger partial charge in [-0.1, -0.05) is 0 Å². The minimum absolute atomic E-state index is 1.62. The van der Waals surface area contributed by atoms with Crippen LogP contribution >= 0.6 is 0 Å². The summed E-state index contributed by atoms with van der Waals surface area (Å²) in [4.78, 5) is 18.6. The zero-order valence-corrected chi connectivity index (χ0v) is 13.0. The smallest absolute Gasteiger partial charge is 0.106 e. The number of rotatable bonds is 4. The first-order chi connectivity index (χ1) is 11.9. The predicted molar refractivity (Wildman–Crippen MR) is 88.8 cm³/mol. The molecule has 0 atom stereocenters. The van der Waals surface area contributed by atoms with E-state index in [9.17, 15) is 0 Å². The van der Waals surface area contributed by atoms with Gasteiger partial charge in [-0.3, -0.25) is 9.88 Å². The van der Waals surface area contributed by atoms with Gasteiger partial charge < -0.3 is 4.79 Å². The molecule has 0 saturated heterocycles. The van der Waals surface area contributed by atoms with Crippen molar-refractivity contribution >= 4 is 6.79 Å². The summed E-state index contributed by atoms with van der Waals surface area (Å²) in [7, 11) is 0. The van der Waals surface area contributed by atoms with Gasteiger partial charge >= 0.3 is 0 Å². The van der Waals surface area contributed by atoms with Crippen LogP contribution in [-0.2, 0) is 4.79 Å². The predicted octanol–water partition coefficient (Wildman–Crippen LogP) is 2.18. The first-order valence-corrected chi connectivity index (χ1v) is 7.08. The Labute approximate surface area is 139 Å². The fraction of sp³-hybridized carbons (Fsp3) is 0. The SMILES string of the molecule is C=O.c1ccn(On2cccc2)c1.c1ccn(On2cccc2)c1. The van der Waals surface area contributed by atoms with E-state index < -0.39 is 0 Å². The van der Waals surface area contributed by atoms with Crippen LogP contribution in [0.15, 0.2) is 98.1 Å². The largest absolute Gasteiger partial charge is 0.307 e. The molecular formula is C17H18N4O3. The Morgan fingerprint density at radius 1 is 0.417 bits per heavy atom. The fourth-order valence-electron chi connectivity index (χ4n) is 1.71. The quantitative estimate of drug-likeness (QED) is 0.577. The van der Waals surface area contributed by atoms with Crippen molar-refractivity contribution in [2.24, 2.45) is 0 Å². The van der Waals surface area contributed by atoms with Crippen LogP contribution in [0.1, 0.15) is 0 Å². The second-order valence-corrected chi connectivity index (χ2v) is 4.34. The molecule has 4 rings (SSSR count). The molecule has 7 heteroatoms. The highest BCUT2D eigenvalue weighted by Gasteiger charge is 1.88. The maximum atomic E-state index is 8.00. The van der Waals surface area contributed by atoms with E-state index in [1.807, 2.05) is 105 Å². The van der Waals surface area contributed by atoms with E-state index in [0.717, 1.165) is 0 Å². The van der Waals surface area contributed by atoms with Gasteiger partial charge in [0, 0.05) is 49.6 Å². The molecule has 0 radical (unpaired) electrons. The molecule has 4 aromatic rings. The van der Waals surface area contributed by atoms with Crippen LogP contribution < -0.4 is 9.88 Å². The number of hydrogen-bond donors (Lipinski definition) is 0. The molecule has 0 N–H and O–H groups in total. The standard InChI is InChI=1S/2C8H8N2O.CH2O/c2*1-2-6-9(5-1)11-10-7-3-4-8-10;1-2/h2*1-8H;1H2. The highest BCUT2D eigenvalue weighted by Crippen LogP contribution is 1.90. The Morgan fingerprint density at radius 2 is 0.583 bits per heavy atom. The van der Waals surface area contributed by atoms with Gasteiger partial charge in [0.15, 0.2) is 0 Å². The van der Waals surface area contributed by atoms with Gasteiger partial charge in [0.05, 0.1) is 0 Å². The third-order valence-corrected chi connectivity index (χ3v) is 2.69. The lowest BCUT2D eigenvalue weighted by atomic mass is 10.7. The summed E-state index contributed by atoms with van der Waals surface area (Å²) < 4.78 is 6.50. The first-order valence-electron chi connectivity index (χ1n) is 7.08. The Bertz CT molecular complexity index is 614. The summed E-state index contributed by atoms with van der Waals surface area (Å²) in [6, 6.07) is 15.2. The highest BCUT2D eigenvalue weighted by molar-refractivity contribution is 5.11. The molecule has 4 heterocycles. The molecular weight excluding hydrogens is 308 g/mol. The van der Waals surface area contributed by atoms with Crippen LogP contribution in [0.2, 0.25) is 0 Å². The number of nitrogens with zero attached hydrogens (tertiary/aromatic N) is 4. The van der Waals surface area contributed by atoms with Crippen molar-refractivity contribution < 1.29 is 14.7 Å². The molecule has 0 amide bonds. The zero-order chi connectivity index (χ0) is 17.0. The summed E-state index contributed by atoms with van der Waals surface area (Å²) in [5.41, 5.74) is 0. The van der Waals surface area contributed by atoms with Gasteiger partial charge in [-0.2, -0.15) is 18.9 Å². The van der Waals surface area contributed by atoms with Gasteiger partial charge in [-0.25, -0.2) is 0 Å². The van der Waals surface area contributed by atoms with Crippen LogP contribution in [0, 0.1) is 0 Å². The summed E-state index contributed by atoms with van der Waals surface area (Å²) >= 11 is 0. The van der Waals surface area contributed by atoms with E-state index in [4.69, 9.17) is 14.7 Å². The average Bonchev–Trinajstić information content (AvgIpc) is 3.41. The molecule has 0 fully saturated rings. The van der Waals surface area contributed by atoms with Gasteiger partial charge in [-0.15, -0.1) is 0 Å². The minimum Gasteiger partial charge on any atom is -0.307 e. The molecule has 0 aliphatic rings. The van der Waals surface area contributed by atoms with Crippen LogP contribution in [0.25, 0.3) is 0 Å². The number of carbonyl (C=O) groups is 1. The summed E-state index contributed by atoms with van der Waals surface area (Å²) in [5, 5.41) is 0. The van der Waals surface area contributed by atoms with Crippen molar-refractivity contribution in [3.05, 3.63) is 98.1 Å². The van der Waals surface area contributed by atoms with E-state index >= 15 is 0 Å². The van der Waals surface area contributed by atoms with Crippen LogP contribution in [-0.4, -0.2) is 25.7 Å². The molecule has 0 spiro atoms. The van der Waals surface area contributed by atoms with Crippen molar-refractivity contribution in [1.29, 1.82) is 0 Å². The zero-order valence-electron chi connectivity index (χ0n) is 13.0. The summed E-state index contributed by atoms with van der Waals surface area (Å²) in [6.45, 7) is 2.00.